The molecule has 188 valence electrons. The van der Waals surface area contributed by atoms with Crippen molar-refractivity contribution in [2.75, 3.05) is 0 Å². The van der Waals surface area contributed by atoms with E-state index in [1.165, 1.54) is 16.2 Å². The minimum atomic E-state index is -1.23. The van der Waals surface area contributed by atoms with Crippen LogP contribution in [0.15, 0.2) is 66.3 Å². The van der Waals surface area contributed by atoms with Gasteiger partial charge in [-0.25, -0.2) is 4.79 Å². The van der Waals surface area contributed by atoms with E-state index in [-0.39, 0.29) is 17.6 Å². The van der Waals surface area contributed by atoms with Crippen LogP contribution in [0.5, 0.6) is 0 Å². The molecule has 3 heterocycles. The van der Waals surface area contributed by atoms with Gasteiger partial charge in [0.25, 0.3) is 0 Å². The van der Waals surface area contributed by atoms with E-state index >= 15 is 0 Å². The Morgan fingerprint density at radius 2 is 1.76 bits per heavy atom. The average Bonchev–Trinajstić information content (AvgIpc) is 3.60. The van der Waals surface area contributed by atoms with Crippen LogP contribution in [-0.2, 0) is 9.59 Å². The third kappa shape index (κ3) is 4.67. The van der Waals surface area contributed by atoms with E-state index in [0.29, 0.717) is 34.4 Å². The lowest BCUT2D eigenvalue weighted by atomic mass is 9.77. The van der Waals surface area contributed by atoms with Gasteiger partial charge in [-0.05, 0) is 53.6 Å². The Bertz CT molecular complexity index is 1310. The van der Waals surface area contributed by atoms with Gasteiger partial charge in [-0.3, -0.25) is 14.6 Å². The predicted octanol–water partition coefficient (Wildman–Crippen LogP) is 5.21. The van der Waals surface area contributed by atoms with Crippen molar-refractivity contribution in [2.24, 2.45) is 11.8 Å². The van der Waals surface area contributed by atoms with Crippen LogP contribution in [0, 0.1) is 23.2 Å². The van der Waals surface area contributed by atoms with Crippen LogP contribution < -0.4 is 0 Å². The molecule has 37 heavy (non-hydrogen) atoms. The first-order valence-corrected chi connectivity index (χ1v) is 13.4. The summed E-state index contributed by atoms with van der Waals surface area (Å²) in [6.45, 7) is 0. The summed E-state index contributed by atoms with van der Waals surface area (Å²) < 4.78 is 0. The molecule has 1 amide bonds. The summed E-state index contributed by atoms with van der Waals surface area (Å²) >= 11 is 1.31. The van der Waals surface area contributed by atoms with Crippen molar-refractivity contribution in [3.05, 3.63) is 87.9 Å². The number of carbonyl (C=O) groups is 3. The number of rotatable bonds is 6. The molecule has 4 atom stereocenters. The monoisotopic (exact) mass is 513 g/mol. The molecule has 0 radical (unpaired) electrons. The summed E-state index contributed by atoms with van der Waals surface area (Å²) in [6, 6.07) is 13.8. The Hall–Kier alpha value is -3.83. The van der Waals surface area contributed by atoms with Gasteiger partial charge in [0.15, 0.2) is 5.78 Å². The number of carboxylic acid groups (broad SMARTS) is 1. The number of carbonyl (C=O) groups excluding carboxylic acids is 2. The van der Waals surface area contributed by atoms with Gasteiger partial charge in [0, 0.05) is 24.2 Å². The quantitative estimate of drug-likeness (QED) is 0.453. The second kappa shape index (κ2) is 10.7. The third-order valence-electron chi connectivity index (χ3n) is 7.65. The molecule has 8 heteroatoms. The highest BCUT2D eigenvalue weighted by molar-refractivity contribution is 7.12. The van der Waals surface area contributed by atoms with Gasteiger partial charge in [0.05, 0.1) is 28.5 Å². The van der Waals surface area contributed by atoms with Gasteiger partial charge in [0.1, 0.15) is 6.04 Å². The standard InChI is InChI=1S/C29H27N3O4S/c30-16-18-10-12-19(13-11-18)23-24(27(33)22-9-5-15-37-22)25(21-8-4-14-31-17-21)32(26(23)29(35)36)28(34)20-6-2-1-3-7-20/h4-5,8-15,17,20,23-26H,1-3,6-7H2,(H,35,36). The first-order valence-electron chi connectivity index (χ1n) is 12.5. The molecular formula is C29H27N3O4S. The van der Waals surface area contributed by atoms with Crippen molar-refractivity contribution in [1.29, 1.82) is 5.26 Å². The molecule has 1 aliphatic heterocycles. The van der Waals surface area contributed by atoms with E-state index in [9.17, 15) is 24.8 Å². The summed E-state index contributed by atoms with van der Waals surface area (Å²) in [5, 5.41) is 21.7. The Kier molecular flexibility index (Phi) is 7.15. The highest BCUT2D eigenvalue weighted by atomic mass is 32.1. The third-order valence-corrected chi connectivity index (χ3v) is 8.53. The first-order chi connectivity index (χ1) is 18.0. The van der Waals surface area contributed by atoms with Gasteiger partial charge in [-0.15, -0.1) is 11.3 Å². The second-order valence-corrected chi connectivity index (χ2v) is 10.7. The lowest BCUT2D eigenvalue weighted by Crippen LogP contribution is -2.46. The molecule has 2 fully saturated rings. The number of benzene rings is 1. The molecule has 1 saturated heterocycles. The van der Waals surface area contributed by atoms with Crippen LogP contribution in [0.2, 0.25) is 0 Å². The van der Waals surface area contributed by atoms with Crippen LogP contribution >= 0.6 is 11.3 Å². The fraction of sp³-hybridized carbons (Fsp3) is 0.345. The SMILES string of the molecule is N#Cc1ccc(C2C(C(=O)c3cccs3)C(c3cccnc3)N(C(=O)C3CCCCC3)C2C(=O)O)cc1. The molecule has 1 saturated carbocycles. The number of carboxylic acids is 1. The number of amides is 1. The molecule has 1 aromatic carbocycles. The molecule has 1 N–H and O–H groups in total. The molecule has 7 nitrogen and oxygen atoms in total. The maximum absolute atomic E-state index is 14.1. The Morgan fingerprint density at radius 1 is 1.00 bits per heavy atom. The van der Waals surface area contributed by atoms with Gasteiger partial charge in [0.2, 0.25) is 5.91 Å². The summed E-state index contributed by atoms with van der Waals surface area (Å²) in [4.78, 5) is 47.5. The van der Waals surface area contributed by atoms with Crippen molar-refractivity contribution < 1.29 is 19.5 Å². The van der Waals surface area contributed by atoms with Crippen LogP contribution in [0.3, 0.4) is 0 Å². The zero-order valence-corrected chi connectivity index (χ0v) is 21.0. The molecule has 2 aromatic heterocycles. The predicted molar refractivity (Wildman–Crippen MR) is 138 cm³/mol. The van der Waals surface area contributed by atoms with Gasteiger partial charge in [-0.1, -0.05) is 43.5 Å². The maximum atomic E-state index is 14.1. The largest absolute Gasteiger partial charge is 0.480 e. The number of aliphatic carboxylic acids is 1. The van der Waals surface area contributed by atoms with Crippen LogP contribution in [0.4, 0.5) is 0 Å². The number of pyridine rings is 1. The molecular weight excluding hydrogens is 486 g/mol. The van der Waals surface area contributed by atoms with Crippen LogP contribution in [0.25, 0.3) is 0 Å². The first kappa shape index (κ1) is 24.8. The molecule has 0 bridgehead atoms. The maximum Gasteiger partial charge on any atom is 0.327 e. The molecule has 4 unspecified atom stereocenters. The minimum absolute atomic E-state index is 0.191. The molecule has 5 rings (SSSR count). The number of thiophene rings is 1. The smallest absolute Gasteiger partial charge is 0.327 e. The van der Waals surface area contributed by atoms with Gasteiger partial charge in [-0.2, -0.15) is 5.26 Å². The summed E-state index contributed by atoms with van der Waals surface area (Å²) in [5.41, 5.74) is 1.70. The Labute approximate surface area is 219 Å². The molecule has 2 aliphatic rings. The molecule has 3 aromatic rings. The van der Waals surface area contributed by atoms with Crippen molar-refractivity contribution in [1.82, 2.24) is 9.88 Å². The Morgan fingerprint density at radius 3 is 2.35 bits per heavy atom. The van der Waals surface area contributed by atoms with E-state index < -0.39 is 29.9 Å². The number of nitriles is 1. The van der Waals surface area contributed by atoms with Crippen molar-refractivity contribution in [3.8, 4) is 6.07 Å². The van der Waals surface area contributed by atoms with E-state index in [4.69, 9.17) is 0 Å². The van der Waals surface area contributed by atoms with E-state index in [1.807, 2.05) is 11.4 Å². The van der Waals surface area contributed by atoms with Gasteiger partial charge < -0.3 is 10.0 Å². The van der Waals surface area contributed by atoms with Crippen LogP contribution in [0.1, 0.15) is 70.4 Å². The number of hydrogen-bond donors (Lipinski definition) is 1. The lowest BCUT2D eigenvalue weighted by Gasteiger charge is -2.34. The number of Topliss-reactive ketones (excluding diaryl/α,β-unsaturated/α-hetero) is 1. The zero-order valence-electron chi connectivity index (χ0n) is 20.2. The van der Waals surface area contributed by atoms with Crippen LogP contribution in [-0.4, -0.2) is 38.7 Å². The number of hydrogen-bond acceptors (Lipinski definition) is 6. The van der Waals surface area contributed by atoms with Crippen molar-refractivity contribution in [3.63, 3.8) is 0 Å². The van der Waals surface area contributed by atoms with Crippen molar-refractivity contribution >= 4 is 29.0 Å². The summed E-state index contributed by atoms with van der Waals surface area (Å²) in [5.74, 6) is -3.44. The topological polar surface area (TPSA) is 111 Å². The lowest BCUT2D eigenvalue weighted by molar-refractivity contribution is -0.152. The Balaban J connectivity index is 1.71. The van der Waals surface area contributed by atoms with E-state index in [0.717, 1.165) is 19.3 Å². The average molecular weight is 514 g/mol. The van der Waals surface area contributed by atoms with E-state index in [2.05, 4.69) is 11.1 Å². The highest BCUT2D eigenvalue weighted by Crippen LogP contribution is 2.52. The fourth-order valence-corrected chi connectivity index (χ4v) is 6.71. The number of likely N-dealkylation sites (tertiary alicyclic amines) is 1. The number of ketones is 1. The summed E-state index contributed by atoms with van der Waals surface area (Å²) in [7, 11) is 0. The normalized spacial score (nSPS) is 23.9. The van der Waals surface area contributed by atoms with Gasteiger partial charge >= 0.3 is 5.97 Å². The summed E-state index contributed by atoms with van der Waals surface area (Å²) in [6.07, 6.45) is 7.59. The van der Waals surface area contributed by atoms with E-state index in [1.54, 1.807) is 54.9 Å². The molecule has 1 aliphatic carbocycles. The fourth-order valence-electron chi connectivity index (χ4n) is 6.00. The zero-order chi connectivity index (χ0) is 25.9. The number of aromatic nitrogens is 1. The minimum Gasteiger partial charge on any atom is -0.480 e. The second-order valence-electron chi connectivity index (χ2n) is 9.72. The van der Waals surface area contributed by atoms with Crippen molar-refractivity contribution in [2.45, 2.75) is 50.1 Å². The highest BCUT2D eigenvalue weighted by Gasteiger charge is 2.58. The number of nitrogens with zero attached hydrogens (tertiary/aromatic N) is 3. The molecule has 0 spiro atoms.